The van der Waals surface area contributed by atoms with Crippen LogP contribution in [-0.2, 0) is 0 Å². The molecule has 0 aliphatic carbocycles. The summed E-state index contributed by atoms with van der Waals surface area (Å²) in [5, 5.41) is 0.132. The predicted molar refractivity (Wildman–Crippen MR) is 36.8 cm³/mol. The SMILES string of the molecule is O=C(F)c1ccc(Cl)cc1F. The van der Waals surface area contributed by atoms with E-state index in [1.807, 2.05) is 0 Å². The number of carbonyl (C=O) groups is 1. The van der Waals surface area contributed by atoms with Crippen LogP contribution in [0.2, 0.25) is 5.02 Å². The molecule has 0 aliphatic heterocycles. The molecular weight excluding hydrogens is 174 g/mol. The van der Waals surface area contributed by atoms with Gasteiger partial charge >= 0.3 is 6.04 Å². The van der Waals surface area contributed by atoms with Gasteiger partial charge in [-0.15, -0.1) is 0 Å². The Morgan fingerprint density at radius 3 is 2.55 bits per heavy atom. The summed E-state index contributed by atoms with van der Waals surface area (Å²) >= 11 is 5.35. The molecular formula is C7H3ClF2O. The number of rotatable bonds is 1. The Balaban J connectivity index is 3.20. The average molecular weight is 177 g/mol. The van der Waals surface area contributed by atoms with Gasteiger partial charge in [0.05, 0.1) is 5.56 Å². The number of benzene rings is 1. The van der Waals surface area contributed by atoms with Crippen molar-refractivity contribution in [2.24, 2.45) is 0 Å². The van der Waals surface area contributed by atoms with E-state index in [1.165, 1.54) is 6.07 Å². The Morgan fingerprint density at radius 2 is 2.09 bits per heavy atom. The van der Waals surface area contributed by atoms with Crippen LogP contribution in [0.3, 0.4) is 0 Å². The van der Waals surface area contributed by atoms with Crippen LogP contribution in [-0.4, -0.2) is 6.04 Å². The maximum Gasteiger partial charge on any atom is 0.335 e. The number of halogens is 3. The second kappa shape index (κ2) is 2.96. The lowest BCUT2D eigenvalue weighted by Gasteiger charge is -1.94. The molecule has 0 aromatic heterocycles. The summed E-state index contributed by atoms with van der Waals surface area (Å²) in [5.41, 5.74) is -0.589. The molecule has 58 valence electrons. The smallest absolute Gasteiger partial charge is 0.255 e. The van der Waals surface area contributed by atoms with Gasteiger partial charge in [-0.2, -0.15) is 4.39 Å². The molecule has 0 fully saturated rings. The van der Waals surface area contributed by atoms with Crippen molar-refractivity contribution in [1.82, 2.24) is 0 Å². The van der Waals surface area contributed by atoms with Crippen LogP contribution in [0.4, 0.5) is 8.78 Å². The van der Waals surface area contributed by atoms with Gasteiger partial charge in [0, 0.05) is 5.02 Å². The fraction of sp³-hybridized carbons (Fsp3) is 0. The van der Waals surface area contributed by atoms with Gasteiger partial charge in [0.15, 0.2) is 0 Å². The molecule has 1 nitrogen and oxygen atoms in total. The molecule has 1 aromatic rings. The zero-order chi connectivity index (χ0) is 8.43. The zero-order valence-electron chi connectivity index (χ0n) is 5.27. The second-order valence-electron chi connectivity index (χ2n) is 1.90. The van der Waals surface area contributed by atoms with Crippen molar-refractivity contribution < 1.29 is 13.6 Å². The van der Waals surface area contributed by atoms with E-state index in [0.717, 1.165) is 12.1 Å². The summed E-state index contributed by atoms with van der Waals surface area (Å²) in [6.07, 6.45) is 0. The lowest BCUT2D eigenvalue weighted by molar-refractivity contribution is 0.0831. The average Bonchev–Trinajstić information content (AvgIpc) is 1.85. The van der Waals surface area contributed by atoms with E-state index in [9.17, 15) is 13.6 Å². The summed E-state index contributed by atoms with van der Waals surface area (Å²) < 4.78 is 24.5. The third-order valence-electron chi connectivity index (χ3n) is 1.14. The summed E-state index contributed by atoms with van der Waals surface area (Å²) in [6.45, 7) is 0. The summed E-state index contributed by atoms with van der Waals surface area (Å²) in [4.78, 5) is 10.0. The summed E-state index contributed by atoms with van der Waals surface area (Å²) in [7, 11) is 0. The van der Waals surface area contributed by atoms with Crippen molar-refractivity contribution in [2.45, 2.75) is 0 Å². The van der Waals surface area contributed by atoms with Gasteiger partial charge in [-0.25, -0.2) is 4.39 Å². The fourth-order valence-corrected chi connectivity index (χ4v) is 0.808. The minimum absolute atomic E-state index is 0.132. The number of hydrogen-bond donors (Lipinski definition) is 0. The Labute approximate surface area is 66.6 Å². The molecule has 1 aromatic carbocycles. The highest BCUT2D eigenvalue weighted by Crippen LogP contribution is 2.14. The first kappa shape index (κ1) is 8.14. The molecule has 0 N–H and O–H groups in total. The van der Waals surface area contributed by atoms with E-state index in [2.05, 4.69) is 0 Å². The molecule has 4 heteroatoms. The van der Waals surface area contributed by atoms with Gasteiger partial charge in [-0.1, -0.05) is 11.6 Å². The van der Waals surface area contributed by atoms with Crippen LogP contribution in [0.15, 0.2) is 18.2 Å². The standard InChI is InChI=1S/C7H3ClF2O/c8-4-1-2-5(7(10)11)6(9)3-4/h1-3H. The fourth-order valence-electron chi connectivity index (χ4n) is 0.649. The first-order valence-electron chi connectivity index (χ1n) is 2.76. The second-order valence-corrected chi connectivity index (χ2v) is 2.33. The molecule has 0 saturated carbocycles. The third-order valence-corrected chi connectivity index (χ3v) is 1.38. The van der Waals surface area contributed by atoms with Crippen LogP contribution < -0.4 is 0 Å². The third kappa shape index (κ3) is 1.74. The predicted octanol–water partition coefficient (Wildman–Crippen LogP) is 2.59. The Hall–Kier alpha value is -0.960. The quantitative estimate of drug-likeness (QED) is 0.601. The lowest BCUT2D eigenvalue weighted by atomic mass is 10.2. The summed E-state index contributed by atoms with van der Waals surface area (Å²) in [6, 6.07) is 1.34. The maximum atomic E-state index is 12.6. The van der Waals surface area contributed by atoms with Crippen LogP contribution in [0.5, 0.6) is 0 Å². The topological polar surface area (TPSA) is 17.1 Å². The normalized spacial score (nSPS) is 9.73. The van der Waals surface area contributed by atoms with Crippen molar-refractivity contribution >= 4 is 17.6 Å². The van der Waals surface area contributed by atoms with Crippen LogP contribution >= 0.6 is 11.6 Å². The van der Waals surface area contributed by atoms with Crippen LogP contribution in [0.25, 0.3) is 0 Å². The van der Waals surface area contributed by atoms with Gasteiger partial charge in [0.1, 0.15) is 5.82 Å². The molecule has 0 heterocycles. The summed E-state index contributed by atoms with van der Waals surface area (Å²) in [5.74, 6) is -0.940. The Kier molecular flexibility index (Phi) is 2.19. The minimum Gasteiger partial charge on any atom is -0.255 e. The van der Waals surface area contributed by atoms with Crippen molar-refractivity contribution in [3.63, 3.8) is 0 Å². The highest BCUT2D eigenvalue weighted by atomic mass is 35.5. The largest absolute Gasteiger partial charge is 0.335 e. The molecule has 0 aliphatic rings. The van der Waals surface area contributed by atoms with Gasteiger partial charge in [0.25, 0.3) is 0 Å². The van der Waals surface area contributed by atoms with E-state index in [-0.39, 0.29) is 5.02 Å². The minimum atomic E-state index is -1.79. The van der Waals surface area contributed by atoms with E-state index in [1.54, 1.807) is 0 Å². The van der Waals surface area contributed by atoms with Gasteiger partial charge in [0.2, 0.25) is 0 Å². The maximum absolute atomic E-state index is 12.6. The molecule has 0 unspecified atom stereocenters. The van der Waals surface area contributed by atoms with Gasteiger partial charge in [-0.3, -0.25) is 4.79 Å². The molecule has 0 radical (unpaired) electrons. The molecule has 11 heavy (non-hydrogen) atoms. The molecule has 0 atom stereocenters. The molecule has 1 rings (SSSR count). The van der Waals surface area contributed by atoms with E-state index in [4.69, 9.17) is 11.6 Å². The van der Waals surface area contributed by atoms with Gasteiger partial charge in [-0.05, 0) is 18.2 Å². The van der Waals surface area contributed by atoms with Crippen molar-refractivity contribution in [3.8, 4) is 0 Å². The van der Waals surface area contributed by atoms with Crippen LogP contribution in [0, 0.1) is 5.82 Å². The first-order chi connectivity index (χ1) is 5.11. The molecule has 0 saturated heterocycles. The van der Waals surface area contributed by atoms with E-state index in [0.29, 0.717) is 0 Å². The zero-order valence-corrected chi connectivity index (χ0v) is 6.03. The lowest BCUT2D eigenvalue weighted by Crippen LogP contribution is -1.94. The van der Waals surface area contributed by atoms with Crippen molar-refractivity contribution in [1.29, 1.82) is 0 Å². The number of hydrogen-bond acceptors (Lipinski definition) is 1. The van der Waals surface area contributed by atoms with E-state index < -0.39 is 17.4 Å². The molecule has 0 spiro atoms. The molecule has 0 amide bonds. The van der Waals surface area contributed by atoms with Crippen LogP contribution in [0.1, 0.15) is 10.4 Å². The number of carbonyl (C=O) groups excluding carboxylic acids is 1. The monoisotopic (exact) mass is 176 g/mol. The highest BCUT2D eigenvalue weighted by Gasteiger charge is 2.09. The van der Waals surface area contributed by atoms with Gasteiger partial charge < -0.3 is 0 Å². The highest BCUT2D eigenvalue weighted by molar-refractivity contribution is 6.30. The van der Waals surface area contributed by atoms with Crippen molar-refractivity contribution in [3.05, 3.63) is 34.6 Å². The molecule has 0 bridgehead atoms. The Bertz CT molecular complexity index is 298. The Morgan fingerprint density at radius 1 is 1.45 bits per heavy atom. The first-order valence-corrected chi connectivity index (χ1v) is 3.14. The van der Waals surface area contributed by atoms with E-state index >= 15 is 0 Å². The van der Waals surface area contributed by atoms with Crippen molar-refractivity contribution in [2.75, 3.05) is 0 Å².